The molecule has 7 heteroatoms. The van der Waals surface area contributed by atoms with Gasteiger partial charge >= 0.3 is 5.97 Å². The second-order valence-electron chi connectivity index (χ2n) is 12.9. The summed E-state index contributed by atoms with van der Waals surface area (Å²) in [6.45, 7) is 20.7. The topological polar surface area (TPSA) is 119 Å². The Labute approximate surface area is 222 Å². The molecule has 4 N–H and O–H groups in total. The number of Topliss-reactive ketones (excluding diaryl/α,β-unsaturated/α-hetero) is 1. The van der Waals surface area contributed by atoms with Gasteiger partial charge in [-0.1, -0.05) is 41.5 Å². The van der Waals surface area contributed by atoms with Crippen LogP contribution in [0.5, 0.6) is 17.2 Å². The Balaban J connectivity index is 0.00000124. The number of carbonyl (C=O) groups is 2. The van der Waals surface area contributed by atoms with E-state index < -0.39 is 11.6 Å². The summed E-state index contributed by atoms with van der Waals surface area (Å²) in [6, 6.07) is 9.85. The third-order valence-electron chi connectivity index (χ3n) is 5.13. The molecule has 37 heavy (non-hydrogen) atoms. The van der Waals surface area contributed by atoms with E-state index in [0.717, 1.165) is 11.1 Å². The van der Waals surface area contributed by atoms with Crippen molar-refractivity contribution in [3.8, 4) is 17.2 Å². The summed E-state index contributed by atoms with van der Waals surface area (Å²) in [7, 11) is 0. The van der Waals surface area contributed by atoms with Crippen molar-refractivity contribution >= 4 is 11.8 Å². The van der Waals surface area contributed by atoms with Gasteiger partial charge in [-0.05, 0) is 81.8 Å². The number of rotatable bonds is 7. The van der Waals surface area contributed by atoms with Crippen LogP contribution in [0.1, 0.15) is 97.6 Å². The molecule has 0 amide bonds. The molecule has 0 atom stereocenters. The minimum absolute atomic E-state index is 0. The SMILES string of the molecule is CC(C)(C)N.CC(C)(Oc1ccc(C(=O)COc2cc(C(C)(C)C)c(O)c(C(C)(C)C)c2)cc1)C(=O)O. The summed E-state index contributed by atoms with van der Waals surface area (Å²) in [5.74, 6) is -0.170. The molecule has 0 saturated heterocycles. The fourth-order valence-electron chi connectivity index (χ4n) is 3.11. The van der Waals surface area contributed by atoms with Crippen molar-refractivity contribution in [2.45, 2.75) is 98.1 Å². The Morgan fingerprint density at radius 1 is 0.784 bits per heavy atom. The fraction of sp³-hybridized carbons (Fsp3) is 0.533. The zero-order valence-electron chi connectivity index (χ0n) is 24.3. The molecule has 0 radical (unpaired) electrons. The zero-order chi connectivity index (χ0) is 29.0. The van der Waals surface area contributed by atoms with Crippen molar-refractivity contribution in [3.05, 3.63) is 53.1 Å². The molecule has 0 bridgehead atoms. The first-order chi connectivity index (χ1) is 16.5. The number of ether oxygens (including phenoxy) is 2. The predicted molar refractivity (Wildman–Crippen MR) is 148 cm³/mol. The van der Waals surface area contributed by atoms with Crippen molar-refractivity contribution < 1.29 is 29.3 Å². The first-order valence-corrected chi connectivity index (χ1v) is 12.4. The van der Waals surface area contributed by atoms with E-state index in [2.05, 4.69) is 0 Å². The quantitative estimate of drug-likeness (QED) is 0.374. The second kappa shape index (κ2) is 11.5. The lowest BCUT2D eigenvalue weighted by molar-refractivity contribution is -0.152. The van der Waals surface area contributed by atoms with Gasteiger partial charge < -0.3 is 25.4 Å². The fourth-order valence-corrected chi connectivity index (χ4v) is 3.11. The molecule has 0 aliphatic carbocycles. The Kier molecular flexibility index (Phi) is 9.98. The van der Waals surface area contributed by atoms with Gasteiger partial charge in [0.2, 0.25) is 0 Å². The summed E-state index contributed by atoms with van der Waals surface area (Å²) in [5, 5.41) is 20.0. The number of phenols is 1. The van der Waals surface area contributed by atoms with Gasteiger partial charge in [-0.15, -0.1) is 0 Å². The molecular weight excluding hydrogens is 470 g/mol. The van der Waals surface area contributed by atoms with E-state index in [1.165, 1.54) is 13.8 Å². The summed E-state index contributed by atoms with van der Waals surface area (Å²) >= 11 is 0. The summed E-state index contributed by atoms with van der Waals surface area (Å²) in [6.07, 6.45) is 0. The molecule has 0 aromatic heterocycles. The molecular formula is C30H45NO6. The molecule has 0 aliphatic heterocycles. The van der Waals surface area contributed by atoms with Crippen molar-refractivity contribution in [2.75, 3.05) is 6.61 Å². The Morgan fingerprint density at radius 2 is 1.19 bits per heavy atom. The first kappa shape index (κ1) is 32.0. The normalized spacial score (nSPS) is 12.3. The number of hydrogen-bond donors (Lipinski definition) is 3. The summed E-state index contributed by atoms with van der Waals surface area (Å²) < 4.78 is 11.3. The third-order valence-corrected chi connectivity index (χ3v) is 5.13. The maximum atomic E-state index is 12.6. The minimum Gasteiger partial charge on any atom is -0.507 e. The van der Waals surface area contributed by atoms with E-state index in [-0.39, 0.29) is 34.5 Å². The molecule has 0 spiro atoms. The van der Waals surface area contributed by atoms with Crippen molar-refractivity contribution in [1.82, 2.24) is 0 Å². The lowest BCUT2D eigenvalue weighted by Gasteiger charge is -2.28. The lowest BCUT2D eigenvalue weighted by atomic mass is 9.79. The van der Waals surface area contributed by atoms with Gasteiger partial charge in [-0.2, -0.15) is 0 Å². The number of carbonyl (C=O) groups excluding carboxylic acids is 1. The second-order valence-corrected chi connectivity index (χ2v) is 12.9. The Morgan fingerprint density at radius 3 is 1.54 bits per heavy atom. The maximum Gasteiger partial charge on any atom is 0.347 e. The molecule has 7 nitrogen and oxygen atoms in total. The van der Waals surface area contributed by atoms with Gasteiger partial charge in [0.15, 0.2) is 18.0 Å². The Bertz CT molecular complexity index is 1040. The average molecular weight is 516 g/mol. The zero-order valence-corrected chi connectivity index (χ0v) is 24.3. The van der Waals surface area contributed by atoms with Crippen LogP contribution in [-0.2, 0) is 15.6 Å². The number of carboxylic acids is 1. The molecule has 0 aliphatic rings. The van der Waals surface area contributed by atoms with Crippen LogP contribution >= 0.6 is 0 Å². The molecule has 0 heterocycles. The van der Waals surface area contributed by atoms with E-state index in [9.17, 15) is 14.7 Å². The third kappa shape index (κ3) is 10.4. The summed E-state index contributed by atoms with van der Waals surface area (Å²) in [5.41, 5.74) is 5.33. The van der Waals surface area contributed by atoms with Crippen molar-refractivity contribution in [1.29, 1.82) is 0 Å². The van der Waals surface area contributed by atoms with E-state index in [0.29, 0.717) is 17.1 Å². The monoisotopic (exact) mass is 515 g/mol. The van der Waals surface area contributed by atoms with Gasteiger partial charge in [0.25, 0.3) is 0 Å². The van der Waals surface area contributed by atoms with E-state index in [4.69, 9.17) is 20.3 Å². The maximum absolute atomic E-state index is 12.6. The number of nitrogens with two attached hydrogens (primary N) is 1. The standard InChI is InChI=1S/C26H34O6.C4H11N/c1-24(2,3)19-13-18(14-20(22(19)28)25(4,5)6)31-15-21(27)16-9-11-17(12-10-16)32-26(7,8)23(29)30;1-4(2,3)5/h9-14,28H,15H2,1-8H3,(H,29,30);5H2,1-3H3. The van der Waals surface area contributed by atoms with Crippen LogP contribution in [0.2, 0.25) is 0 Å². The van der Waals surface area contributed by atoms with Crippen LogP contribution in [0.25, 0.3) is 0 Å². The smallest absolute Gasteiger partial charge is 0.347 e. The van der Waals surface area contributed by atoms with E-state index in [1.54, 1.807) is 36.4 Å². The van der Waals surface area contributed by atoms with E-state index in [1.807, 2.05) is 62.3 Å². The van der Waals surface area contributed by atoms with Gasteiger partial charge in [0, 0.05) is 22.2 Å². The highest BCUT2D eigenvalue weighted by Crippen LogP contribution is 2.41. The van der Waals surface area contributed by atoms with Crippen LogP contribution in [-0.4, -0.2) is 39.7 Å². The highest BCUT2D eigenvalue weighted by Gasteiger charge is 2.29. The number of benzene rings is 2. The first-order valence-electron chi connectivity index (χ1n) is 12.4. The molecule has 2 aromatic rings. The number of aromatic hydroxyl groups is 1. The molecule has 0 unspecified atom stereocenters. The van der Waals surface area contributed by atoms with Crippen molar-refractivity contribution in [3.63, 3.8) is 0 Å². The summed E-state index contributed by atoms with van der Waals surface area (Å²) in [4.78, 5) is 23.8. The van der Waals surface area contributed by atoms with Crippen LogP contribution in [0, 0.1) is 0 Å². The highest BCUT2D eigenvalue weighted by molar-refractivity contribution is 5.97. The van der Waals surface area contributed by atoms with Gasteiger partial charge in [0.05, 0.1) is 0 Å². The Hall–Kier alpha value is -3.06. The predicted octanol–water partition coefficient (Wildman–Crippen LogP) is 6.23. The lowest BCUT2D eigenvalue weighted by Crippen LogP contribution is -2.37. The van der Waals surface area contributed by atoms with Gasteiger partial charge in [0.1, 0.15) is 17.2 Å². The average Bonchev–Trinajstić information content (AvgIpc) is 2.70. The number of ketones is 1. The molecule has 0 saturated carbocycles. The van der Waals surface area contributed by atoms with E-state index >= 15 is 0 Å². The number of aliphatic carboxylic acids is 1. The van der Waals surface area contributed by atoms with Gasteiger partial charge in [-0.25, -0.2) is 4.79 Å². The molecule has 2 aromatic carbocycles. The number of carboxylic acid groups (broad SMARTS) is 1. The molecule has 0 fully saturated rings. The highest BCUT2D eigenvalue weighted by atomic mass is 16.5. The van der Waals surface area contributed by atoms with Crippen LogP contribution in [0.3, 0.4) is 0 Å². The number of hydrogen-bond acceptors (Lipinski definition) is 6. The van der Waals surface area contributed by atoms with Crippen LogP contribution < -0.4 is 15.2 Å². The van der Waals surface area contributed by atoms with Crippen LogP contribution in [0.4, 0.5) is 0 Å². The minimum atomic E-state index is -1.37. The molecule has 206 valence electrons. The van der Waals surface area contributed by atoms with Gasteiger partial charge in [-0.3, -0.25) is 4.79 Å². The molecule has 2 rings (SSSR count). The largest absolute Gasteiger partial charge is 0.507 e. The number of phenolic OH excluding ortho intramolecular Hbond substituents is 1. The van der Waals surface area contributed by atoms with Crippen molar-refractivity contribution in [2.24, 2.45) is 5.73 Å². The van der Waals surface area contributed by atoms with Crippen LogP contribution in [0.15, 0.2) is 36.4 Å².